The van der Waals surface area contributed by atoms with Gasteiger partial charge in [0.05, 0.1) is 13.2 Å². The van der Waals surface area contributed by atoms with E-state index in [4.69, 9.17) is 32.4 Å². The molecule has 1 aromatic carbocycles. The number of allylic oxidation sites excluding steroid dienone is 3. The van der Waals surface area contributed by atoms with Crippen LogP contribution in [0.4, 0.5) is 0 Å². The Bertz CT molecular complexity index is 1000. The topological polar surface area (TPSA) is 147 Å². The Balaban J connectivity index is 2.25. The van der Waals surface area contributed by atoms with Crippen LogP contribution in [0, 0.1) is 5.92 Å². The fourth-order valence-electron chi connectivity index (χ4n) is 5.77. The first-order valence-electron chi connectivity index (χ1n) is 16.6. The van der Waals surface area contributed by atoms with Crippen LogP contribution in [0.25, 0.3) is 0 Å². The molecule has 8 N–H and O–H groups in total. The van der Waals surface area contributed by atoms with Gasteiger partial charge >= 0.3 is 0 Å². The first-order valence-corrected chi connectivity index (χ1v) is 16.6. The highest BCUT2D eigenvalue weighted by Crippen LogP contribution is 2.47. The van der Waals surface area contributed by atoms with Gasteiger partial charge in [0.1, 0.15) is 11.5 Å². The zero-order chi connectivity index (χ0) is 31.5. The van der Waals surface area contributed by atoms with Crippen molar-refractivity contribution < 1.29 is 9.47 Å². The number of hydrogen-bond donors (Lipinski definition) is 4. The van der Waals surface area contributed by atoms with Crippen molar-refractivity contribution in [2.75, 3.05) is 26.3 Å². The quantitative estimate of drug-likeness (QED) is 0.0497. The molecule has 0 aliphatic heterocycles. The zero-order valence-corrected chi connectivity index (χ0v) is 27.3. The average Bonchev–Trinajstić information content (AvgIpc) is 2.95. The van der Waals surface area contributed by atoms with E-state index in [1.54, 1.807) is 0 Å². The van der Waals surface area contributed by atoms with E-state index >= 15 is 0 Å². The number of nitrogens with zero attached hydrogens (tertiary/aromatic N) is 2. The molecule has 0 saturated carbocycles. The van der Waals surface area contributed by atoms with Crippen molar-refractivity contribution >= 4 is 11.9 Å². The molecule has 0 amide bonds. The summed E-state index contributed by atoms with van der Waals surface area (Å²) in [5, 5.41) is 0. The summed E-state index contributed by atoms with van der Waals surface area (Å²) in [4.78, 5) is 8.17. The van der Waals surface area contributed by atoms with Gasteiger partial charge in [-0.25, -0.2) is 0 Å². The first-order chi connectivity index (χ1) is 20.7. The highest BCUT2D eigenvalue weighted by molar-refractivity contribution is 5.75. The summed E-state index contributed by atoms with van der Waals surface area (Å²) in [5.41, 5.74) is 26.9. The largest absolute Gasteiger partial charge is 0.493 e. The number of nitrogens with two attached hydrogens (primary N) is 4. The summed E-state index contributed by atoms with van der Waals surface area (Å²) in [6.45, 7) is 13.8. The number of rotatable bonds is 22. The van der Waals surface area contributed by atoms with Gasteiger partial charge in [0, 0.05) is 24.6 Å². The number of unbranched alkanes of at least 4 members (excludes halogenated alkanes) is 8. The van der Waals surface area contributed by atoms with Crippen LogP contribution >= 0.6 is 0 Å². The van der Waals surface area contributed by atoms with Crippen molar-refractivity contribution in [1.29, 1.82) is 0 Å². The summed E-state index contributed by atoms with van der Waals surface area (Å²) in [6.07, 6.45) is 17.5. The van der Waals surface area contributed by atoms with Crippen LogP contribution in [0.15, 0.2) is 45.9 Å². The summed E-state index contributed by atoms with van der Waals surface area (Å²) in [5.74, 6) is 2.84. The Morgan fingerprint density at radius 2 is 1.35 bits per heavy atom. The van der Waals surface area contributed by atoms with Crippen molar-refractivity contribution in [3.63, 3.8) is 0 Å². The molecule has 8 heteroatoms. The normalized spacial score (nSPS) is 16.3. The van der Waals surface area contributed by atoms with Crippen molar-refractivity contribution in [1.82, 2.24) is 0 Å². The Morgan fingerprint density at radius 1 is 0.814 bits per heavy atom. The molecular weight excluding hydrogens is 536 g/mol. The Morgan fingerprint density at radius 3 is 1.84 bits per heavy atom. The van der Waals surface area contributed by atoms with E-state index in [9.17, 15) is 0 Å². The first kappa shape index (κ1) is 36.0. The smallest absolute Gasteiger partial charge is 0.185 e. The minimum Gasteiger partial charge on any atom is -0.493 e. The highest BCUT2D eigenvalue weighted by Gasteiger charge is 2.31. The van der Waals surface area contributed by atoms with Gasteiger partial charge in [0.2, 0.25) is 0 Å². The van der Waals surface area contributed by atoms with Crippen molar-refractivity contribution in [3.05, 3.63) is 47.1 Å². The molecule has 0 spiro atoms. The third-order valence-corrected chi connectivity index (χ3v) is 8.16. The lowest BCUT2D eigenvalue weighted by Crippen LogP contribution is -2.22. The second-order valence-electron chi connectivity index (χ2n) is 12.1. The van der Waals surface area contributed by atoms with Gasteiger partial charge in [-0.2, -0.15) is 0 Å². The summed E-state index contributed by atoms with van der Waals surface area (Å²) in [6, 6.07) is 4.57. The SMILES string of the molecule is C=C(C)[C@@H]1CCC(C)=C[C@H]1c1c(OCCCCCCN=C(N)N)cc(CCCCC)cc1OCCCCCCN=C(N)N. The van der Waals surface area contributed by atoms with Crippen molar-refractivity contribution in [2.24, 2.45) is 38.8 Å². The van der Waals surface area contributed by atoms with Gasteiger partial charge in [-0.05, 0) is 102 Å². The maximum Gasteiger partial charge on any atom is 0.185 e. The molecule has 0 saturated heterocycles. The summed E-state index contributed by atoms with van der Waals surface area (Å²) in [7, 11) is 0. The molecule has 1 aliphatic rings. The predicted octanol–water partition coefficient (Wildman–Crippen LogP) is 6.86. The van der Waals surface area contributed by atoms with Gasteiger partial charge in [0.25, 0.3) is 0 Å². The molecule has 0 fully saturated rings. The molecule has 0 aromatic heterocycles. The Labute approximate surface area is 261 Å². The maximum atomic E-state index is 6.64. The fourth-order valence-corrected chi connectivity index (χ4v) is 5.77. The Hall–Kier alpha value is -3.16. The Kier molecular flexibility index (Phi) is 17.3. The van der Waals surface area contributed by atoms with Gasteiger partial charge < -0.3 is 32.4 Å². The number of aryl methyl sites for hydroxylation is 1. The van der Waals surface area contributed by atoms with Gasteiger partial charge in [-0.3, -0.25) is 9.98 Å². The second-order valence-corrected chi connectivity index (χ2v) is 12.1. The minimum atomic E-state index is 0.163. The lowest BCUT2D eigenvalue weighted by Gasteiger charge is -2.33. The molecule has 2 atom stereocenters. The lowest BCUT2D eigenvalue weighted by atomic mass is 9.73. The van der Waals surface area contributed by atoms with Crippen LogP contribution in [0.2, 0.25) is 0 Å². The van der Waals surface area contributed by atoms with Crippen molar-refractivity contribution in [2.45, 2.75) is 117 Å². The lowest BCUT2D eigenvalue weighted by molar-refractivity contribution is 0.278. The van der Waals surface area contributed by atoms with Gasteiger partial charge in [-0.15, -0.1) is 0 Å². The van der Waals surface area contributed by atoms with Crippen molar-refractivity contribution in [3.8, 4) is 11.5 Å². The number of aliphatic imine (C=N–C) groups is 2. The zero-order valence-electron chi connectivity index (χ0n) is 27.3. The predicted molar refractivity (Wildman–Crippen MR) is 183 cm³/mol. The highest BCUT2D eigenvalue weighted by atomic mass is 16.5. The summed E-state index contributed by atoms with van der Waals surface area (Å²) < 4.78 is 13.3. The molecule has 1 aromatic rings. The van der Waals surface area contributed by atoms with E-state index in [1.807, 2.05) is 0 Å². The van der Waals surface area contributed by atoms with Crippen LogP contribution in [0.5, 0.6) is 11.5 Å². The fraction of sp³-hybridized carbons (Fsp3) is 0.657. The van der Waals surface area contributed by atoms with Crippen LogP contribution in [-0.2, 0) is 6.42 Å². The van der Waals surface area contributed by atoms with E-state index in [1.165, 1.54) is 35.1 Å². The molecule has 0 bridgehead atoms. The third-order valence-electron chi connectivity index (χ3n) is 8.16. The average molecular weight is 597 g/mol. The minimum absolute atomic E-state index is 0.163. The molecule has 242 valence electrons. The van der Waals surface area contributed by atoms with E-state index in [-0.39, 0.29) is 17.8 Å². The second kappa shape index (κ2) is 20.7. The van der Waals surface area contributed by atoms with Crippen LogP contribution in [0.3, 0.4) is 0 Å². The molecular formula is C35H60N6O2. The van der Waals surface area contributed by atoms with Gasteiger partial charge in [-0.1, -0.05) is 56.4 Å². The van der Waals surface area contributed by atoms with E-state index in [2.05, 4.69) is 55.5 Å². The van der Waals surface area contributed by atoms with Gasteiger partial charge in [0.15, 0.2) is 11.9 Å². The monoisotopic (exact) mass is 596 g/mol. The molecule has 0 unspecified atom stereocenters. The number of guanidine groups is 2. The van der Waals surface area contributed by atoms with Crippen LogP contribution < -0.4 is 32.4 Å². The molecule has 1 aliphatic carbocycles. The molecule has 0 radical (unpaired) electrons. The van der Waals surface area contributed by atoms with E-state index < -0.39 is 0 Å². The van der Waals surface area contributed by atoms with E-state index in [0.717, 1.165) is 88.5 Å². The van der Waals surface area contributed by atoms with Crippen LogP contribution in [-0.4, -0.2) is 38.2 Å². The number of benzene rings is 1. The van der Waals surface area contributed by atoms with Crippen LogP contribution in [0.1, 0.15) is 121 Å². The molecule has 43 heavy (non-hydrogen) atoms. The molecule has 8 nitrogen and oxygen atoms in total. The number of ether oxygens (including phenoxy) is 2. The summed E-state index contributed by atoms with van der Waals surface area (Å²) >= 11 is 0. The van der Waals surface area contributed by atoms with E-state index in [0.29, 0.717) is 32.2 Å². The third kappa shape index (κ3) is 14.2. The standard InChI is InChI=1S/C35H60N6O2/c1-5-6-11-16-28-24-31(42-21-14-9-7-12-19-40-34(36)37)33(30-23-27(4)17-18-29(30)26(2)3)32(25-28)43-22-15-10-8-13-20-41-35(38)39/h23-25,29-30H,2,5-22H2,1,3-4H3,(H4,36,37,40)(H4,38,39,41)/t29-,30+/m0/s1. The molecule has 2 rings (SSSR count). The molecule has 0 heterocycles. The number of hydrogen-bond acceptors (Lipinski definition) is 4. The maximum absolute atomic E-state index is 6.64.